The first-order chi connectivity index (χ1) is 12.1. The van der Waals surface area contributed by atoms with E-state index in [2.05, 4.69) is 35.5 Å². The Morgan fingerprint density at radius 3 is 2.58 bits per heavy atom. The van der Waals surface area contributed by atoms with Crippen LogP contribution >= 0.6 is 23.7 Å². The monoisotopic (exact) mass is 389 g/mol. The molecule has 0 spiro atoms. The molecule has 0 unspecified atom stereocenters. The Morgan fingerprint density at radius 2 is 1.85 bits per heavy atom. The molecule has 4 rings (SSSR count). The highest BCUT2D eigenvalue weighted by Gasteiger charge is 2.24. The largest absolute Gasteiger partial charge is 0.481 e. The van der Waals surface area contributed by atoms with E-state index >= 15 is 0 Å². The molecule has 0 bridgehead atoms. The number of nitrogens with zero attached hydrogens (tertiary/aromatic N) is 1. The van der Waals surface area contributed by atoms with Crippen LogP contribution in [-0.4, -0.2) is 36.1 Å². The Morgan fingerprint density at radius 1 is 1.12 bits per heavy atom. The fraction of sp³-hybridized carbons (Fsp3) is 0.381. The quantitative estimate of drug-likeness (QED) is 0.826. The third kappa shape index (κ3) is 3.73. The zero-order valence-electron chi connectivity index (χ0n) is 15.0. The van der Waals surface area contributed by atoms with Gasteiger partial charge in [-0.25, -0.2) is 0 Å². The lowest BCUT2D eigenvalue weighted by Gasteiger charge is -2.27. The molecular weight excluding hydrogens is 366 g/mol. The number of carboxylic acids is 1. The second-order valence-electron chi connectivity index (χ2n) is 7.12. The Labute approximate surface area is 164 Å². The Kier molecular flexibility index (Phi) is 5.86. The predicted octanol–water partition coefficient (Wildman–Crippen LogP) is 4.42. The highest BCUT2D eigenvalue weighted by Crippen LogP contribution is 2.41. The number of carboxylic acid groups (broad SMARTS) is 1. The molecule has 0 atom stereocenters. The van der Waals surface area contributed by atoms with E-state index in [4.69, 9.17) is 0 Å². The summed E-state index contributed by atoms with van der Waals surface area (Å²) in [6.45, 7) is 2.20. The van der Waals surface area contributed by atoms with Crippen LogP contribution in [0.15, 0.2) is 35.2 Å². The molecular formula is C21H24ClNO2S. The van der Waals surface area contributed by atoms with Gasteiger partial charge in [-0.3, -0.25) is 4.79 Å². The number of rotatable bonds is 2. The fourth-order valence-corrected chi connectivity index (χ4v) is 5.05. The maximum Gasteiger partial charge on any atom is 0.307 e. The second kappa shape index (κ2) is 7.95. The summed E-state index contributed by atoms with van der Waals surface area (Å²) in [4.78, 5) is 15.0. The van der Waals surface area contributed by atoms with Crippen molar-refractivity contribution in [3.8, 4) is 0 Å². The van der Waals surface area contributed by atoms with Crippen LogP contribution in [0.25, 0.3) is 5.57 Å². The summed E-state index contributed by atoms with van der Waals surface area (Å²) >= 11 is 1.84. The molecule has 1 aromatic carbocycles. The molecule has 2 aromatic rings. The van der Waals surface area contributed by atoms with Gasteiger partial charge in [0.2, 0.25) is 0 Å². The molecule has 1 aliphatic carbocycles. The van der Waals surface area contributed by atoms with Crippen LogP contribution in [0.3, 0.4) is 0 Å². The summed E-state index contributed by atoms with van der Waals surface area (Å²) in [7, 11) is 2.18. The van der Waals surface area contributed by atoms with Gasteiger partial charge in [-0.15, -0.1) is 23.7 Å². The first-order valence-electron chi connectivity index (χ1n) is 8.93. The van der Waals surface area contributed by atoms with Crippen LogP contribution in [0.4, 0.5) is 0 Å². The summed E-state index contributed by atoms with van der Waals surface area (Å²) < 4.78 is 0. The topological polar surface area (TPSA) is 40.5 Å². The number of thiophene rings is 1. The van der Waals surface area contributed by atoms with E-state index in [0.717, 1.165) is 44.3 Å². The van der Waals surface area contributed by atoms with E-state index in [1.54, 1.807) is 0 Å². The maximum atomic E-state index is 11.2. The van der Waals surface area contributed by atoms with Crippen LogP contribution < -0.4 is 0 Å². The molecule has 0 radical (unpaired) electrons. The van der Waals surface area contributed by atoms with Crippen molar-refractivity contribution in [1.29, 1.82) is 0 Å². The van der Waals surface area contributed by atoms with Crippen molar-refractivity contribution >= 4 is 35.3 Å². The average molecular weight is 390 g/mol. The highest BCUT2D eigenvalue weighted by molar-refractivity contribution is 7.11. The van der Waals surface area contributed by atoms with Gasteiger partial charge in [0.25, 0.3) is 0 Å². The smallest absolute Gasteiger partial charge is 0.307 e. The van der Waals surface area contributed by atoms with Gasteiger partial charge in [-0.1, -0.05) is 23.8 Å². The lowest BCUT2D eigenvalue weighted by atomic mass is 9.88. The fourth-order valence-electron chi connectivity index (χ4n) is 3.99. The van der Waals surface area contributed by atoms with Gasteiger partial charge in [0, 0.05) is 18.0 Å². The number of piperidine rings is 1. The van der Waals surface area contributed by atoms with Crippen LogP contribution in [0.1, 0.15) is 40.0 Å². The van der Waals surface area contributed by atoms with Crippen LogP contribution in [-0.2, 0) is 24.1 Å². The van der Waals surface area contributed by atoms with Crippen molar-refractivity contribution in [2.24, 2.45) is 0 Å². The van der Waals surface area contributed by atoms with Crippen LogP contribution in [0.5, 0.6) is 0 Å². The first-order valence-corrected chi connectivity index (χ1v) is 9.81. The minimum atomic E-state index is -0.765. The standard InChI is InChI=1S/C21H23NO2S.ClH/c1-22-9-6-16(7-10-22)20-18-12-14(13-19(23)24)2-3-15(18)4-5-17-8-11-25-21(17)20;/h2-3,8,11-12H,4-7,9-10,13H2,1H3,(H,23,24);1H. The molecule has 26 heavy (non-hydrogen) atoms. The summed E-state index contributed by atoms with van der Waals surface area (Å²) in [6.07, 6.45) is 4.40. The first kappa shape index (κ1) is 19.2. The van der Waals surface area contributed by atoms with Crippen molar-refractivity contribution in [1.82, 2.24) is 4.90 Å². The minimum Gasteiger partial charge on any atom is -0.481 e. The molecule has 1 fully saturated rings. The second-order valence-corrected chi connectivity index (χ2v) is 8.03. The number of fused-ring (bicyclic) bond motifs is 2. The number of hydrogen-bond acceptors (Lipinski definition) is 3. The molecule has 2 heterocycles. The van der Waals surface area contributed by atoms with Crippen molar-refractivity contribution in [3.05, 3.63) is 62.3 Å². The van der Waals surface area contributed by atoms with E-state index in [1.807, 2.05) is 17.4 Å². The zero-order valence-corrected chi connectivity index (χ0v) is 16.6. The molecule has 1 N–H and O–H groups in total. The van der Waals surface area contributed by atoms with Gasteiger partial charge in [-0.05, 0) is 72.0 Å². The summed E-state index contributed by atoms with van der Waals surface area (Å²) in [5.41, 5.74) is 7.92. The van der Waals surface area contributed by atoms with Crippen molar-refractivity contribution in [2.75, 3.05) is 20.1 Å². The van der Waals surface area contributed by atoms with Gasteiger partial charge in [0.05, 0.1) is 6.42 Å². The SMILES string of the molecule is CN1CCC(=C2c3cc(CC(=O)O)ccc3CCc3ccsc32)CC1.Cl. The third-order valence-corrected chi connectivity index (χ3v) is 6.35. The van der Waals surface area contributed by atoms with Gasteiger partial charge >= 0.3 is 5.97 Å². The van der Waals surface area contributed by atoms with Gasteiger partial charge in [-0.2, -0.15) is 0 Å². The molecule has 5 heteroatoms. The Hall–Kier alpha value is -1.62. The van der Waals surface area contributed by atoms with Gasteiger partial charge in [0.15, 0.2) is 0 Å². The van der Waals surface area contributed by atoms with E-state index in [9.17, 15) is 9.90 Å². The number of aryl methyl sites for hydroxylation is 2. The van der Waals surface area contributed by atoms with E-state index in [0.29, 0.717) is 0 Å². The van der Waals surface area contributed by atoms with Crippen molar-refractivity contribution in [3.63, 3.8) is 0 Å². The average Bonchev–Trinajstić information content (AvgIpc) is 2.98. The van der Waals surface area contributed by atoms with E-state index in [-0.39, 0.29) is 18.8 Å². The number of halogens is 1. The Balaban J connectivity index is 0.00000196. The molecule has 0 amide bonds. The highest BCUT2D eigenvalue weighted by atomic mass is 35.5. The normalized spacial score (nSPS) is 17.1. The van der Waals surface area contributed by atoms with Gasteiger partial charge < -0.3 is 10.0 Å². The van der Waals surface area contributed by atoms with Crippen molar-refractivity contribution in [2.45, 2.75) is 32.1 Å². The van der Waals surface area contributed by atoms with Crippen molar-refractivity contribution < 1.29 is 9.90 Å². The van der Waals surface area contributed by atoms with E-state index < -0.39 is 5.97 Å². The number of likely N-dealkylation sites (tertiary alicyclic amines) is 1. The minimum absolute atomic E-state index is 0. The number of aliphatic carboxylic acids is 1. The number of benzene rings is 1. The summed E-state index contributed by atoms with van der Waals surface area (Å²) in [5.74, 6) is -0.765. The molecule has 138 valence electrons. The Bertz CT molecular complexity index is 845. The lowest BCUT2D eigenvalue weighted by molar-refractivity contribution is -0.136. The molecule has 0 saturated carbocycles. The zero-order chi connectivity index (χ0) is 17.4. The predicted molar refractivity (Wildman–Crippen MR) is 110 cm³/mol. The number of carbonyl (C=O) groups is 1. The van der Waals surface area contributed by atoms with Gasteiger partial charge in [0.1, 0.15) is 0 Å². The molecule has 1 aromatic heterocycles. The van der Waals surface area contributed by atoms with Crippen LogP contribution in [0.2, 0.25) is 0 Å². The third-order valence-electron chi connectivity index (χ3n) is 5.38. The van der Waals surface area contributed by atoms with E-state index in [1.165, 1.54) is 32.7 Å². The molecule has 3 nitrogen and oxygen atoms in total. The summed E-state index contributed by atoms with van der Waals surface area (Å²) in [6, 6.07) is 8.54. The maximum absolute atomic E-state index is 11.2. The number of hydrogen-bond donors (Lipinski definition) is 1. The molecule has 1 aliphatic heterocycles. The summed E-state index contributed by atoms with van der Waals surface area (Å²) in [5, 5.41) is 11.4. The molecule has 1 saturated heterocycles. The molecule has 2 aliphatic rings. The van der Waals surface area contributed by atoms with Crippen LogP contribution in [0, 0.1) is 0 Å². The lowest BCUT2D eigenvalue weighted by Crippen LogP contribution is -2.27.